The van der Waals surface area contributed by atoms with Crippen LogP contribution in [0.4, 0.5) is 5.95 Å². The normalized spacial score (nSPS) is 20.0. The van der Waals surface area contributed by atoms with Crippen molar-refractivity contribution in [2.75, 3.05) is 24.4 Å². The molecular formula is C31H31N5O4S. The largest absolute Gasteiger partial charge is 0.472 e. The molecule has 0 radical (unpaired) electrons. The van der Waals surface area contributed by atoms with E-state index < -0.39 is 16.1 Å². The molecule has 10 heteroatoms. The Morgan fingerprint density at radius 1 is 0.951 bits per heavy atom. The van der Waals surface area contributed by atoms with E-state index in [4.69, 9.17) is 4.74 Å². The molecule has 1 aromatic heterocycles. The van der Waals surface area contributed by atoms with Crippen LogP contribution in [-0.2, 0) is 16.4 Å². The molecule has 6 rings (SSSR count). The number of benzene rings is 3. The van der Waals surface area contributed by atoms with Crippen molar-refractivity contribution in [3.8, 4) is 17.1 Å². The number of piperazine rings is 1. The highest BCUT2D eigenvalue weighted by Crippen LogP contribution is 2.31. The van der Waals surface area contributed by atoms with Gasteiger partial charge in [-0.05, 0) is 48.7 Å². The fourth-order valence-electron chi connectivity index (χ4n) is 5.59. The molecule has 1 fully saturated rings. The van der Waals surface area contributed by atoms with Gasteiger partial charge in [0.2, 0.25) is 11.8 Å². The topological polar surface area (TPSA) is 114 Å². The Hall–Kier alpha value is -4.28. The van der Waals surface area contributed by atoms with Gasteiger partial charge < -0.3 is 15.0 Å². The molecule has 210 valence electrons. The molecule has 2 aliphatic heterocycles. The molecule has 0 spiro atoms. The summed E-state index contributed by atoms with van der Waals surface area (Å²) in [5.74, 6) is -0.128. The highest BCUT2D eigenvalue weighted by molar-refractivity contribution is 7.92. The summed E-state index contributed by atoms with van der Waals surface area (Å²) in [4.78, 5) is 24.7. The van der Waals surface area contributed by atoms with Gasteiger partial charge in [-0.2, -0.15) is 4.98 Å². The van der Waals surface area contributed by atoms with E-state index >= 15 is 0 Å². The standard InChI is InChI=1S/C31H31N5O4S/c1-20-8-6-9-21(2)29(20)25-18-28-34-31(33-25)35-41(38,39)24-13-7-12-23(17-24)30(37)36-15-14-32-19-26(36)27(40-28)16-22-10-4-3-5-11-22/h3-13,17-18,26-27,32H,14-16,19H2,1-2H3,(H,33,34,35). The molecule has 9 nitrogen and oxygen atoms in total. The lowest BCUT2D eigenvalue weighted by atomic mass is 9.98. The molecule has 2 aliphatic rings. The minimum atomic E-state index is -4.11. The minimum absolute atomic E-state index is 0.0429. The summed E-state index contributed by atoms with van der Waals surface area (Å²) in [5.41, 5.74) is 4.74. The molecule has 2 unspecified atom stereocenters. The molecule has 4 bridgehead atoms. The van der Waals surface area contributed by atoms with Gasteiger partial charge in [0, 0.05) is 43.2 Å². The van der Waals surface area contributed by atoms with Crippen LogP contribution in [0, 0.1) is 13.8 Å². The number of fused-ring (bicyclic) bond motifs is 5. The number of nitrogens with one attached hydrogen (secondary N) is 2. The molecule has 41 heavy (non-hydrogen) atoms. The first-order valence-corrected chi connectivity index (χ1v) is 15.1. The van der Waals surface area contributed by atoms with Gasteiger partial charge in [-0.1, -0.05) is 54.6 Å². The highest BCUT2D eigenvalue weighted by atomic mass is 32.2. The van der Waals surface area contributed by atoms with Gasteiger partial charge in [-0.15, -0.1) is 0 Å². The third-order valence-corrected chi connectivity index (χ3v) is 8.91. The first-order chi connectivity index (χ1) is 19.8. The van der Waals surface area contributed by atoms with Crippen molar-refractivity contribution in [2.24, 2.45) is 0 Å². The van der Waals surface area contributed by atoms with Gasteiger partial charge in [0.1, 0.15) is 6.10 Å². The number of ether oxygens (including phenoxy) is 1. The van der Waals surface area contributed by atoms with Crippen molar-refractivity contribution in [3.63, 3.8) is 0 Å². The SMILES string of the molecule is Cc1cccc(C)c1-c1cc2nc(n1)NS(=O)(=O)c1cccc(c1)C(=O)N1CCNCC1C(Cc1ccccc1)O2. The van der Waals surface area contributed by atoms with Crippen LogP contribution in [0.25, 0.3) is 11.3 Å². The lowest BCUT2D eigenvalue weighted by Gasteiger charge is -2.40. The molecule has 3 aromatic carbocycles. The highest BCUT2D eigenvalue weighted by Gasteiger charge is 2.36. The predicted molar refractivity (Wildman–Crippen MR) is 156 cm³/mol. The zero-order valence-electron chi connectivity index (χ0n) is 22.9. The third kappa shape index (κ3) is 5.53. The Morgan fingerprint density at radius 2 is 1.71 bits per heavy atom. The molecule has 2 N–H and O–H groups in total. The number of nitrogens with zero attached hydrogens (tertiary/aromatic N) is 3. The lowest BCUT2D eigenvalue weighted by Crippen LogP contribution is -2.60. The van der Waals surface area contributed by atoms with E-state index in [-0.39, 0.29) is 28.7 Å². The van der Waals surface area contributed by atoms with Crippen LogP contribution >= 0.6 is 0 Å². The van der Waals surface area contributed by atoms with Crippen molar-refractivity contribution >= 4 is 21.9 Å². The maximum atomic E-state index is 13.9. The number of hydrogen-bond acceptors (Lipinski definition) is 7. The van der Waals surface area contributed by atoms with Gasteiger partial charge in [-0.3, -0.25) is 4.79 Å². The zero-order chi connectivity index (χ0) is 28.6. The first kappa shape index (κ1) is 26.9. The van der Waals surface area contributed by atoms with Crippen LogP contribution in [0.3, 0.4) is 0 Å². The van der Waals surface area contributed by atoms with Crippen LogP contribution in [0.1, 0.15) is 27.0 Å². The van der Waals surface area contributed by atoms with Crippen molar-refractivity contribution in [2.45, 2.75) is 37.3 Å². The number of hydrogen-bond donors (Lipinski definition) is 2. The molecule has 4 aromatic rings. The van der Waals surface area contributed by atoms with E-state index in [9.17, 15) is 13.2 Å². The molecule has 2 atom stereocenters. The number of aromatic nitrogens is 2. The smallest absolute Gasteiger partial charge is 0.264 e. The van der Waals surface area contributed by atoms with E-state index in [1.54, 1.807) is 23.1 Å². The average molecular weight is 570 g/mol. The average Bonchev–Trinajstić information content (AvgIpc) is 2.96. The van der Waals surface area contributed by atoms with Crippen LogP contribution in [0.5, 0.6) is 5.88 Å². The van der Waals surface area contributed by atoms with Crippen LogP contribution in [0.15, 0.2) is 83.8 Å². The summed E-state index contributed by atoms with van der Waals surface area (Å²) in [6.45, 7) is 5.56. The maximum Gasteiger partial charge on any atom is 0.264 e. The van der Waals surface area contributed by atoms with Gasteiger partial charge in [0.15, 0.2) is 0 Å². The summed E-state index contributed by atoms with van der Waals surface area (Å²) < 4.78 is 36.1. The Kier molecular flexibility index (Phi) is 7.19. The maximum absolute atomic E-state index is 13.9. The number of rotatable bonds is 3. The monoisotopic (exact) mass is 569 g/mol. The second-order valence-corrected chi connectivity index (χ2v) is 12.1. The summed E-state index contributed by atoms with van der Waals surface area (Å²) in [6, 6.07) is 23.4. The van der Waals surface area contributed by atoms with E-state index in [1.807, 2.05) is 62.4 Å². The second kappa shape index (κ2) is 10.9. The fraction of sp³-hybridized carbons (Fsp3) is 0.258. The molecule has 0 saturated carbocycles. The minimum Gasteiger partial charge on any atom is -0.472 e. The lowest BCUT2D eigenvalue weighted by molar-refractivity contribution is 0.0342. The van der Waals surface area contributed by atoms with Gasteiger partial charge in [0.25, 0.3) is 15.9 Å². The van der Waals surface area contributed by atoms with Crippen molar-refractivity contribution in [1.82, 2.24) is 20.2 Å². The third-order valence-electron chi connectivity index (χ3n) is 7.58. The summed E-state index contributed by atoms with van der Waals surface area (Å²) in [6.07, 6.45) is 0.0316. The second-order valence-electron chi connectivity index (χ2n) is 10.4. The molecule has 3 heterocycles. The Balaban J connectivity index is 1.55. The molecule has 1 saturated heterocycles. The van der Waals surface area contributed by atoms with Gasteiger partial charge in [0.05, 0.1) is 16.6 Å². The van der Waals surface area contributed by atoms with Crippen molar-refractivity contribution in [3.05, 3.63) is 101 Å². The van der Waals surface area contributed by atoms with Crippen LogP contribution in [0.2, 0.25) is 0 Å². The number of amides is 1. The predicted octanol–water partition coefficient (Wildman–Crippen LogP) is 3.98. The molecular weight excluding hydrogens is 538 g/mol. The Labute approximate surface area is 239 Å². The van der Waals surface area contributed by atoms with Gasteiger partial charge in [-0.25, -0.2) is 18.1 Å². The quantitative estimate of drug-likeness (QED) is 0.384. The summed E-state index contributed by atoms with van der Waals surface area (Å²) in [5, 5.41) is 3.41. The number of carbonyl (C=O) groups excluding carboxylic acids is 1. The zero-order valence-corrected chi connectivity index (χ0v) is 23.7. The number of aryl methyl sites for hydroxylation is 2. The number of carbonyl (C=O) groups is 1. The first-order valence-electron chi connectivity index (χ1n) is 13.6. The van der Waals surface area contributed by atoms with E-state index in [0.29, 0.717) is 37.3 Å². The molecule has 1 amide bonds. The number of anilines is 1. The van der Waals surface area contributed by atoms with Crippen LogP contribution in [-0.4, -0.2) is 61.0 Å². The Morgan fingerprint density at radius 3 is 2.49 bits per heavy atom. The van der Waals surface area contributed by atoms with Crippen molar-refractivity contribution < 1.29 is 17.9 Å². The van der Waals surface area contributed by atoms with E-state index in [1.165, 1.54) is 12.1 Å². The number of sulfonamides is 1. The van der Waals surface area contributed by atoms with Gasteiger partial charge >= 0.3 is 0 Å². The fourth-order valence-corrected chi connectivity index (χ4v) is 6.58. The van der Waals surface area contributed by atoms with E-state index in [0.717, 1.165) is 22.3 Å². The summed E-state index contributed by atoms with van der Waals surface area (Å²) >= 11 is 0. The molecule has 0 aliphatic carbocycles. The van der Waals surface area contributed by atoms with E-state index in [2.05, 4.69) is 20.0 Å². The van der Waals surface area contributed by atoms with Crippen molar-refractivity contribution in [1.29, 1.82) is 0 Å². The summed E-state index contributed by atoms with van der Waals surface area (Å²) in [7, 11) is -4.11. The van der Waals surface area contributed by atoms with Crippen LogP contribution < -0.4 is 14.8 Å². The Bertz CT molecular complexity index is 1690.